The lowest BCUT2D eigenvalue weighted by atomic mass is 10.0. The fraction of sp³-hybridized carbons (Fsp3) is 0.769. The van der Waals surface area contributed by atoms with Gasteiger partial charge in [-0.2, -0.15) is 0 Å². The van der Waals surface area contributed by atoms with Crippen LogP contribution in [-0.4, -0.2) is 16.5 Å². The van der Waals surface area contributed by atoms with Gasteiger partial charge < -0.3 is 10.7 Å². The summed E-state index contributed by atoms with van der Waals surface area (Å²) >= 11 is 0. The molecule has 1 aliphatic rings. The summed E-state index contributed by atoms with van der Waals surface area (Å²) in [5.41, 5.74) is 6.68. The Labute approximate surface area is 97.8 Å². The van der Waals surface area contributed by atoms with E-state index < -0.39 is 0 Å². The third kappa shape index (κ3) is 3.34. The number of imidazole rings is 1. The van der Waals surface area contributed by atoms with E-state index in [1.165, 1.54) is 44.2 Å². The Morgan fingerprint density at radius 1 is 1.31 bits per heavy atom. The number of rotatable bonds is 6. The first-order valence-electron chi connectivity index (χ1n) is 6.61. The van der Waals surface area contributed by atoms with Gasteiger partial charge in [-0.05, 0) is 18.9 Å². The minimum Gasteiger partial charge on any atom is -0.346 e. The molecule has 1 fully saturated rings. The molecule has 3 N–H and O–H groups in total. The van der Waals surface area contributed by atoms with E-state index in [9.17, 15) is 0 Å². The van der Waals surface area contributed by atoms with Gasteiger partial charge in [-0.25, -0.2) is 4.98 Å². The van der Waals surface area contributed by atoms with Gasteiger partial charge in [-0.3, -0.25) is 0 Å². The third-order valence-corrected chi connectivity index (χ3v) is 3.60. The number of aromatic nitrogens is 2. The van der Waals surface area contributed by atoms with Crippen LogP contribution in [0.25, 0.3) is 0 Å². The van der Waals surface area contributed by atoms with Crippen LogP contribution in [0.3, 0.4) is 0 Å². The van der Waals surface area contributed by atoms with E-state index in [1.54, 1.807) is 0 Å². The number of aromatic amines is 1. The summed E-state index contributed by atoms with van der Waals surface area (Å²) in [4.78, 5) is 7.74. The largest absolute Gasteiger partial charge is 0.346 e. The van der Waals surface area contributed by atoms with E-state index in [4.69, 9.17) is 5.73 Å². The van der Waals surface area contributed by atoms with Crippen molar-refractivity contribution in [2.75, 3.05) is 6.54 Å². The average Bonchev–Trinajstić information content (AvgIpc) is 2.90. The van der Waals surface area contributed by atoms with Crippen LogP contribution in [0, 0.1) is 5.92 Å². The number of aryl methyl sites for hydroxylation is 1. The van der Waals surface area contributed by atoms with E-state index in [0.29, 0.717) is 6.54 Å². The molecular weight excluding hydrogens is 198 g/mol. The molecule has 1 aromatic rings. The molecule has 0 amide bonds. The molecule has 1 heterocycles. The Balaban J connectivity index is 1.67. The molecule has 0 radical (unpaired) electrons. The standard InChI is InChI=1S/C13H23N3/c14-9-8-12-10-15-13(16-12)7-3-6-11-4-1-2-5-11/h10-11H,1-9,14H2,(H,15,16). The van der Waals surface area contributed by atoms with Gasteiger partial charge in [0.15, 0.2) is 0 Å². The molecule has 3 nitrogen and oxygen atoms in total. The second-order valence-electron chi connectivity index (χ2n) is 4.94. The third-order valence-electron chi connectivity index (χ3n) is 3.60. The molecule has 0 saturated heterocycles. The summed E-state index contributed by atoms with van der Waals surface area (Å²) in [5, 5.41) is 0. The van der Waals surface area contributed by atoms with Crippen molar-refractivity contribution in [1.29, 1.82) is 0 Å². The minimum atomic E-state index is 0.698. The average molecular weight is 221 g/mol. The molecule has 0 aromatic carbocycles. The maximum atomic E-state index is 5.50. The number of nitrogens with zero attached hydrogens (tertiary/aromatic N) is 1. The number of nitrogens with one attached hydrogen (secondary N) is 1. The highest BCUT2D eigenvalue weighted by Crippen LogP contribution is 2.28. The molecule has 3 heteroatoms. The smallest absolute Gasteiger partial charge is 0.106 e. The van der Waals surface area contributed by atoms with E-state index >= 15 is 0 Å². The molecule has 2 rings (SSSR count). The Morgan fingerprint density at radius 2 is 2.12 bits per heavy atom. The predicted octanol–water partition coefficient (Wildman–Crippen LogP) is 2.42. The van der Waals surface area contributed by atoms with Crippen LogP contribution in [0.15, 0.2) is 6.20 Å². The first kappa shape index (κ1) is 11.6. The highest BCUT2D eigenvalue weighted by atomic mass is 14.9. The van der Waals surface area contributed by atoms with Crippen molar-refractivity contribution < 1.29 is 0 Å². The van der Waals surface area contributed by atoms with Gasteiger partial charge in [0.1, 0.15) is 5.82 Å². The molecule has 16 heavy (non-hydrogen) atoms. The van der Waals surface area contributed by atoms with Gasteiger partial charge in [-0.1, -0.05) is 32.1 Å². The molecule has 0 atom stereocenters. The molecule has 90 valence electrons. The van der Waals surface area contributed by atoms with Crippen molar-refractivity contribution in [3.05, 3.63) is 17.7 Å². The van der Waals surface area contributed by atoms with Crippen LogP contribution in [0.1, 0.15) is 50.0 Å². The second kappa shape index (κ2) is 6.04. The zero-order valence-corrected chi connectivity index (χ0v) is 10.0. The van der Waals surface area contributed by atoms with Gasteiger partial charge in [0, 0.05) is 24.7 Å². The molecule has 1 saturated carbocycles. The van der Waals surface area contributed by atoms with Crippen molar-refractivity contribution in [2.45, 2.75) is 51.4 Å². The van der Waals surface area contributed by atoms with Gasteiger partial charge in [0.25, 0.3) is 0 Å². The van der Waals surface area contributed by atoms with Crippen LogP contribution < -0.4 is 5.73 Å². The fourth-order valence-electron chi connectivity index (χ4n) is 2.67. The van der Waals surface area contributed by atoms with Crippen molar-refractivity contribution >= 4 is 0 Å². The van der Waals surface area contributed by atoms with E-state index in [0.717, 1.165) is 24.6 Å². The van der Waals surface area contributed by atoms with Gasteiger partial charge in [-0.15, -0.1) is 0 Å². The number of hydrogen-bond donors (Lipinski definition) is 2. The highest BCUT2D eigenvalue weighted by Gasteiger charge is 2.14. The SMILES string of the molecule is NCCc1cnc(CCCC2CCCC2)[nH]1. The lowest BCUT2D eigenvalue weighted by Crippen LogP contribution is -2.03. The lowest BCUT2D eigenvalue weighted by molar-refractivity contribution is 0.481. The first-order chi connectivity index (χ1) is 7.88. The Bertz CT molecular complexity index is 300. The summed E-state index contributed by atoms with van der Waals surface area (Å²) in [6.07, 6.45) is 12.4. The van der Waals surface area contributed by atoms with E-state index in [-0.39, 0.29) is 0 Å². The van der Waals surface area contributed by atoms with Crippen molar-refractivity contribution in [2.24, 2.45) is 11.7 Å². The zero-order chi connectivity index (χ0) is 11.2. The summed E-state index contributed by atoms with van der Waals surface area (Å²) < 4.78 is 0. The quantitative estimate of drug-likeness (QED) is 0.775. The fourth-order valence-corrected chi connectivity index (χ4v) is 2.67. The first-order valence-corrected chi connectivity index (χ1v) is 6.61. The summed E-state index contributed by atoms with van der Waals surface area (Å²) in [7, 11) is 0. The molecule has 0 aliphatic heterocycles. The van der Waals surface area contributed by atoms with Gasteiger partial charge in [0.05, 0.1) is 0 Å². The summed E-state index contributed by atoms with van der Waals surface area (Å²) in [6, 6.07) is 0. The van der Waals surface area contributed by atoms with E-state index in [2.05, 4.69) is 9.97 Å². The summed E-state index contributed by atoms with van der Waals surface area (Å²) in [6.45, 7) is 0.698. The zero-order valence-electron chi connectivity index (χ0n) is 10.0. The van der Waals surface area contributed by atoms with Crippen LogP contribution in [0.5, 0.6) is 0 Å². The molecule has 1 aliphatic carbocycles. The van der Waals surface area contributed by atoms with E-state index in [1.807, 2.05) is 6.20 Å². The number of H-pyrrole nitrogens is 1. The number of hydrogen-bond acceptors (Lipinski definition) is 2. The topological polar surface area (TPSA) is 54.7 Å². The maximum absolute atomic E-state index is 5.50. The normalized spacial score (nSPS) is 17.1. The van der Waals surface area contributed by atoms with Crippen LogP contribution >= 0.6 is 0 Å². The summed E-state index contributed by atoms with van der Waals surface area (Å²) in [5.74, 6) is 2.14. The van der Waals surface area contributed by atoms with Crippen LogP contribution in [0.2, 0.25) is 0 Å². The van der Waals surface area contributed by atoms with Gasteiger partial charge in [0.2, 0.25) is 0 Å². The Hall–Kier alpha value is -0.830. The van der Waals surface area contributed by atoms with Gasteiger partial charge >= 0.3 is 0 Å². The van der Waals surface area contributed by atoms with Crippen molar-refractivity contribution in [3.63, 3.8) is 0 Å². The monoisotopic (exact) mass is 221 g/mol. The second-order valence-corrected chi connectivity index (χ2v) is 4.94. The van der Waals surface area contributed by atoms with Crippen LogP contribution in [0.4, 0.5) is 0 Å². The Morgan fingerprint density at radius 3 is 2.88 bits per heavy atom. The molecule has 1 aromatic heterocycles. The Kier molecular flexibility index (Phi) is 4.40. The lowest BCUT2D eigenvalue weighted by Gasteiger charge is -2.06. The van der Waals surface area contributed by atoms with Crippen LogP contribution in [-0.2, 0) is 12.8 Å². The maximum Gasteiger partial charge on any atom is 0.106 e. The molecular formula is C13H23N3. The van der Waals surface area contributed by atoms with Crippen molar-refractivity contribution in [3.8, 4) is 0 Å². The minimum absolute atomic E-state index is 0.698. The molecule has 0 spiro atoms. The highest BCUT2D eigenvalue weighted by molar-refractivity contribution is 5.01. The van der Waals surface area contributed by atoms with Crippen molar-refractivity contribution in [1.82, 2.24) is 9.97 Å². The predicted molar refractivity (Wildman–Crippen MR) is 66.2 cm³/mol. The molecule has 0 bridgehead atoms. The number of nitrogens with two attached hydrogens (primary N) is 1. The molecule has 0 unspecified atom stereocenters.